The van der Waals surface area contributed by atoms with Gasteiger partial charge in [0.1, 0.15) is 5.82 Å². The van der Waals surface area contributed by atoms with Gasteiger partial charge in [0, 0.05) is 32.2 Å². The molecule has 1 aromatic heterocycles. The Morgan fingerprint density at radius 1 is 1.21 bits per heavy atom. The summed E-state index contributed by atoms with van der Waals surface area (Å²) in [6.07, 6.45) is 2.01. The fourth-order valence-electron chi connectivity index (χ4n) is 4.12. The number of halogens is 1. The van der Waals surface area contributed by atoms with E-state index in [1.54, 1.807) is 24.3 Å². The smallest absolute Gasteiger partial charge is 0.321 e. The lowest BCUT2D eigenvalue weighted by atomic mass is 9.96. The van der Waals surface area contributed by atoms with Crippen molar-refractivity contribution in [3.63, 3.8) is 0 Å². The summed E-state index contributed by atoms with van der Waals surface area (Å²) < 4.78 is 19.6. The third kappa shape index (κ3) is 5.79. The largest absolute Gasteiger partial charge is 0.389 e. The van der Waals surface area contributed by atoms with Gasteiger partial charge in [0.25, 0.3) is 11.5 Å². The van der Waals surface area contributed by atoms with Crippen molar-refractivity contribution in [2.75, 3.05) is 26.1 Å². The molecular weight excluding hydrogens is 493 g/mol. The van der Waals surface area contributed by atoms with Crippen LogP contribution in [-0.2, 0) is 16.1 Å². The fourth-order valence-corrected chi connectivity index (χ4v) is 4.12. The van der Waals surface area contributed by atoms with Gasteiger partial charge in [0.05, 0.1) is 36.4 Å². The lowest BCUT2D eigenvalue weighted by Crippen LogP contribution is -2.44. The summed E-state index contributed by atoms with van der Waals surface area (Å²) in [5.74, 6) is -0.903. The second-order valence-corrected chi connectivity index (χ2v) is 8.95. The fraction of sp³-hybridized carbons (Fsp3) is 0.259. The number of hydrogen-bond acceptors (Lipinski definition) is 6. The third-order valence-electron chi connectivity index (χ3n) is 6.15. The number of urea groups is 1. The second-order valence-electron chi connectivity index (χ2n) is 8.95. The molecule has 0 aliphatic carbocycles. The van der Waals surface area contributed by atoms with E-state index in [2.05, 4.69) is 15.7 Å². The molecule has 198 valence electrons. The van der Waals surface area contributed by atoms with E-state index >= 15 is 0 Å². The van der Waals surface area contributed by atoms with E-state index in [1.165, 1.54) is 55.7 Å². The Balaban J connectivity index is 1.63. The molecule has 3 amide bonds. The van der Waals surface area contributed by atoms with Crippen LogP contribution in [0, 0.1) is 12.7 Å². The zero-order chi connectivity index (χ0) is 27.4. The molecule has 2 atom stereocenters. The molecule has 1 aliphatic heterocycles. The van der Waals surface area contributed by atoms with Gasteiger partial charge in [-0.3, -0.25) is 9.59 Å². The molecule has 11 heteroatoms. The number of aliphatic hydroxyl groups excluding tert-OH is 1. The first-order valence-corrected chi connectivity index (χ1v) is 11.8. The highest BCUT2D eigenvalue weighted by atomic mass is 19.1. The Labute approximate surface area is 218 Å². The maximum absolute atomic E-state index is 13.5. The van der Waals surface area contributed by atoms with Crippen LogP contribution in [0.15, 0.2) is 71.3 Å². The van der Waals surface area contributed by atoms with Crippen LogP contribution in [0.5, 0.6) is 0 Å². The number of anilines is 1. The number of ether oxygens (including phenoxy) is 1. The van der Waals surface area contributed by atoms with Crippen molar-refractivity contribution in [3.05, 3.63) is 93.8 Å². The first-order valence-electron chi connectivity index (χ1n) is 11.8. The van der Waals surface area contributed by atoms with Crippen LogP contribution in [0.1, 0.15) is 17.2 Å². The number of aromatic nitrogens is 2. The summed E-state index contributed by atoms with van der Waals surface area (Å²) in [6.45, 7) is 1.84. The molecule has 3 aromatic rings. The normalized spacial score (nSPS) is 16.0. The van der Waals surface area contributed by atoms with Gasteiger partial charge in [-0.2, -0.15) is 5.10 Å². The first-order chi connectivity index (χ1) is 18.2. The van der Waals surface area contributed by atoms with E-state index < -0.39 is 35.5 Å². The van der Waals surface area contributed by atoms with Gasteiger partial charge in [-0.05, 0) is 47.9 Å². The molecule has 2 heterocycles. The van der Waals surface area contributed by atoms with Gasteiger partial charge in [-0.25, -0.2) is 13.9 Å². The van der Waals surface area contributed by atoms with E-state index in [4.69, 9.17) is 4.74 Å². The number of nitrogens with zero attached hydrogens (tertiary/aromatic N) is 3. The van der Waals surface area contributed by atoms with Crippen molar-refractivity contribution in [1.82, 2.24) is 20.0 Å². The summed E-state index contributed by atoms with van der Waals surface area (Å²) in [4.78, 5) is 40.0. The number of aliphatic hydroxyl groups is 1. The predicted molar refractivity (Wildman–Crippen MR) is 139 cm³/mol. The quantitative estimate of drug-likeness (QED) is 0.418. The second kappa shape index (κ2) is 11.4. The highest BCUT2D eigenvalue weighted by Gasteiger charge is 2.30. The molecule has 0 bridgehead atoms. The number of carbonyl (C=O) groups is 2. The molecule has 0 saturated carbocycles. The topological polar surface area (TPSA) is 126 Å². The van der Waals surface area contributed by atoms with Crippen LogP contribution < -0.4 is 16.2 Å². The monoisotopic (exact) mass is 521 g/mol. The Bertz CT molecular complexity index is 1440. The predicted octanol–water partition coefficient (Wildman–Crippen LogP) is 2.58. The highest BCUT2D eigenvalue weighted by molar-refractivity contribution is 6.06. The maximum Gasteiger partial charge on any atom is 0.321 e. The van der Waals surface area contributed by atoms with E-state index in [1.807, 2.05) is 6.92 Å². The van der Waals surface area contributed by atoms with Crippen molar-refractivity contribution in [1.29, 1.82) is 0 Å². The molecule has 38 heavy (non-hydrogen) atoms. The van der Waals surface area contributed by atoms with Crippen LogP contribution in [0.25, 0.3) is 11.1 Å². The van der Waals surface area contributed by atoms with Crippen LogP contribution in [0.4, 0.5) is 14.9 Å². The van der Waals surface area contributed by atoms with Crippen molar-refractivity contribution >= 4 is 17.6 Å². The summed E-state index contributed by atoms with van der Waals surface area (Å²) in [7, 11) is 2.97. The molecule has 2 unspecified atom stereocenters. The van der Waals surface area contributed by atoms with Crippen molar-refractivity contribution in [2.24, 2.45) is 0 Å². The summed E-state index contributed by atoms with van der Waals surface area (Å²) >= 11 is 0. The van der Waals surface area contributed by atoms with Crippen LogP contribution in [-0.4, -0.2) is 58.6 Å². The lowest BCUT2D eigenvalue weighted by Gasteiger charge is -2.30. The average Bonchev–Trinajstić information content (AvgIpc) is 2.88. The number of hydrogen-bond donors (Lipinski definition) is 3. The van der Waals surface area contributed by atoms with E-state index in [0.29, 0.717) is 22.4 Å². The lowest BCUT2D eigenvalue weighted by molar-refractivity contribution is -0.113. The Hall–Kier alpha value is -4.35. The maximum atomic E-state index is 13.5. The number of carbonyl (C=O) groups excluding carboxylic acids is 2. The SMILES string of the molecule is COCC(O)Cn1nccc(-c2ccc(C)c(NC(=O)C3=CN(C)C(=O)NC3c3ccc(F)cc3)c2)c1=O. The summed E-state index contributed by atoms with van der Waals surface area (Å²) in [5, 5.41) is 19.7. The number of methoxy groups -OCH3 is 1. The molecule has 0 radical (unpaired) electrons. The molecule has 3 N–H and O–H groups in total. The molecule has 0 fully saturated rings. The molecule has 1 aliphatic rings. The van der Waals surface area contributed by atoms with Crippen LogP contribution >= 0.6 is 0 Å². The molecular formula is C27H28FN5O5. The van der Waals surface area contributed by atoms with E-state index in [9.17, 15) is 23.9 Å². The summed E-state index contributed by atoms with van der Waals surface area (Å²) in [5.41, 5.74) is 2.50. The van der Waals surface area contributed by atoms with Gasteiger partial charge in [-0.1, -0.05) is 24.3 Å². The zero-order valence-corrected chi connectivity index (χ0v) is 21.1. The van der Waals surface area contributed by atoms with Crippen LogP contribution in [0.2, 0.25) is 0 Å². The Kier molecular flexibility index (Phi) is 7.99. The zero-order valence-electron chi connectivity index (χ0n) is 21.1. The van der Waals surface area contributed by atoms with Crippen molar-refractivity contribution in [2.45, 2.75) is 25.6 Å². The van der Waals surface area contributed by atoms with Crippen molar-refractivity contribution < 1.29 is 23.8 Å². The minimum absolute atomic E-state index is 0.0336. The Morgan fingerprint density at radius 2 is 1.95 bits per heavy atom. The van der Waals surface area contributed by atoms with Gasteiger partial charge in [-0.15, -0.1) is 0 Å². The molecule has 0 saturated heterocycles. The standard InChI is InChI=1S/C27H28FN5O5/c1-16-4-5-18(21-10-11-29-33(26(21)36)13-20(34)15-38-3)12-23(16)30-25(35)22-14-32(2)27(37)31-24(22)17-6-8-19(28)9-7-17/h4-12,14,20,24,34H,13,15H2,1-3H3,(H,30,35)(H,31,37). The van der Waals surface area contributed by atoms with E-state index in [-0.39, 0.29) is 18.7 Å². The van der Waals surface area contributed by atoms with Gasteiger partial charge in [0.15, 0.2) is 0 Å². The molecule has 4 rings (SSSR count). The first kappa shape index (κ1) is 26.7. The van der Waals surface area contributed by atoms with Gasteiger partial charge < -0.3 is 25.4 Å². The van der Waals surface area contributed by atoms with E-state index in [0.717, 1.165) is 10.2 Å². The molecule has 2 aromatic carbocycles. The molecule has 10 nitrogen and oxygen atoms in total. The number of rotatable bonds is 8. The summed E-state index contributed by atoms with van der Waals surface area (Å²) in [6, 6.07) is 11.1. The minimum Gasteiger partial charge on any atom is -0.389 e. The van der Waals surface area contributed by atoms with Gasteiger partial charge in [0.2, 0.25) is 0 Å². The average molecular weight is 522 g/mol. The number of nitrogens with one attached hydrogen (secondary N) is 2. The minimum atomic E-state index is -0.898. The van der Waals surface area contributed by atoms with Crippen molar-refractivity contribution in [3.8, 4) is 11.1 Å². The molecule has 0 spiro atoms. The van der Waals surface area contributed by atoms with Gasteiger partial charge >= 0.3 is 6.03 Å². The number of aryl methyl sites for hydroxylation is 1. The van der Waals surface area contributed by atoms with Crippen LogP contribution in [0.3, 0.4) is 0 Å². The Morgan fingerprint density at radius 3 is 2.66 bits per heavy atom. The number of amides is 3. The number of benzene rings is 2. The third-order valence-corrected chi connectivity index (χ3v) is 6.15. The highest BCUT2D eigenvalue weighted by Crippen LogP contribution is 2.29.